The number of amides is 1. The van der Waals surface area contributed by atoms with Gasteiger partial charge in [0, 0.05) is 20.7 Å². The van der Waals surface area contributed by atoms with Gasteiger partial charge in [0.15, 0.2) is 5.58 Å². The molecular formula is C22H21N3O4S. The standard InChI is InChI=1S/C22H21N3O4S/c1-25(10-11-27-2)22(26)19-13-23-21(30-19)20-17-9-6-15(12-18(17)29-24-20)14-4-7-16(28-3)8-5-14/h4-9,12-13H,10-11H2,1-3H3. The van der Waals surface area contributed by atoms with Crippen LogP contribution in [-0.4, -0.2) is 55.4 Å². The number of thiazole rings is 1. The summed E-state index contributed by atoms with van der Waals surface area (Å²) >= 11 is 1.30. The first-order chi connectivity index (χ1) is 14.6. The first kappa shape index (κ1) is 20.1. The second-order valence-electron chi connectivity index (χ2n) is 6.72. The smallest absolute Gasteiger partial charge is 0.265 e. The number of fused-ring (bicyclic) bond motifs is 1. The van der Waals surface area contributed by atoms with Crippen LogP contribution >= 0.6 is 11.3 Å². The van der Waals surface area contributed by atoms with E-state index in [0.717, 1.165) is 22.3 Å². The van der Waals surface area contributed by atoms with Crippen molar-refractivity contribution in [2.24, 2.45) is 0 Å². The van der Waals surface area contributed by atoms with Crippen molar-refractivity contribution in [2.45, 2.75) is 0 Å². The number of carbonyl (C=O) groups is 1. The molecule has 0 aliphatic rings. The van der Waals surface area contributed by atoms with Crippen molar-refractivity contribution < 1.29 is 18.8 Å². The van der Waals surface area contributed by atoms with Crippen LogP contribution in [0.25, 0.3) is 32.8 Å². The molecule has 0 N–H and O–H groups in total. The highest BCUT2D eigenvalue weighted by atomic mass is 32.1. The zero-order chi connectivity index (χ0) is 21.1. The first-order valence-corrected chi connectivity index (χ1v) is 10.2. The van der Waals surface area contributed by atoms with Crippen LogP contribution in [-0.2, 0) is 4.74 Å². The molecule has 4 aromatic rings. The normalized spacial score (nSPS) is 11.0. The number of methoxy groups -OCH3 is 2. The van der Waals surface area contributed by atoms with E-state index in [4.69, 9.17) is 14.0 Å². The maximum Gasteiger partial charge on any atom is 0.265 e. The number of likely N-dealkylation sites (N-methyl/N-ethyl adjacent to an activating group) is 1. The average molecular weight is 423 g/mol. The Morgan fingerprint density at radius 1 is 1.13 bits per heavy atom. The molecule has 30 heavy (non-hydrogen) atoms. The number of aromatic nitrogens is 2. The lowest BCUT2D eigenvalue weighted by Gasteiger charge is -2.14. The van der Waals surface area contributed by atoms with E-state index in [-0.39, 0.29) is 5.91 Å². The maximum absolute atomic E-state index is 12.5. The van der Waals surface area contributed by atoms with Crippen molar-refractivity contribution in [2.75, 3.05) is 34.4 Å². The van der Waals surface area contributed by atoms with Crippen LogP contribution < -0.4 is 4.74 Å². The third-order valence-corrected chi connectivity index (χ3v) is 5.78. The number of carbonyl (C=O) groups excluding carboxylic acids is 1. The molecule has 2 aromatic carbocycles. The van der Waals surface area contributed by atoms with Gasteiger partial charge in [0.05, 0.1) is 25.3 Å². The van der Waals surface area contributed by atoms with E-state index < -0.39 is 0 Å². The Hall–Kier alpha value is -3.23. The highest BCUT2D eigenvalue weighted by molar-refractivity contribution is 7.17. The third kappa shape index (κ3) is 3.92. The Bertz CT molecular complexity index is 1170. The monoisotopic (exact) mass is 423 g/mol. The fourth-order valence-electron chi connectivity index (χ4n) is 3.06. The molecular weight excluding hydrogens is 402 g/mol. The summed E-state index contributed by atoms with van der Waals surface area (Å²) in [7, 11) is 5.00. The predicted octanol–water partition coefficient (Wildman–Crippen LogP) is 4.35. The molecule has 8 heteroatoms. The molecule has 0 saturated heterocycles. The van der Waals surface area contributed by atoms with E-state index in [1.165, 1.54) is 11.3 Å². The van der Waals surface area contributed by atoms with Crippen molar-refractivity contribution in [3.05, 3.63) is 53.5 Å². The van der Waals surface area contributed by atoms with Gasteiger partial charge in [-0.3, -0.25) is 4.79 Å². The van der Waals surface area contributed by atoms with Crippen LogP contribution in [0.4, 0.5) is 0 Å². The van der Waals surface area contributed by atoms with E-state index in [1.807, 2.05) is 42.5 Å². The lowest BCUT2D eigenvalue weighted by atomic mass is 10.0. The number of nitrogens with zero attached hydrogens (tertiary/aromatic N) is 3. The second-order valence-corrected chi connectivity index (χ2v) is 7.75. The molecule has 0 spiro atoms. The summed E-state index contributed by atoms with van der Waals surface area (Å²) in [5.41, 5.74) is 3.37. The Morgan fingerprint density at radius 3 is 2.63 bits per heavy atom. The number of hydrogen-bond donors (Lipinski definition) is 0. The van der Waals surface area contributed by atoms with E-state index in [2.05, 4.69) is 10.1 Å². The second kappa shape index (κ2) is 8.64. The number of benzene rings is 2. The average Bonchev–Trinajstić information content (AvgIpc) is 3.43. The number of hydrogen-bond acceptors (Lipinski definition) is 7. The Labute approximate surface area is 177 Å². The van der Waals surface area contributed by atoms with Crippen LogP contribution in [0, 0.1) is 0 Å². The van der Waals surface area contributed by atoms with Gasteiger partial charge in [-0.2, -0.15) is 0 Å². The summed E-state index contributed by atoms with van der Waals surface area (Å²) in [6.45, 7) is 1.00. The lowest BCUT2D eigenvalue weighted by Crippen LogP contribution is -2.29. The largest absolute Gasteiger partial charge is 0.497 e. The van der Waals surface area contributed by atoms with Gasteiger partial charge >= 0.3 is 0 Å². The van der Waals surface area contributed by atoms with Crippen LogP contribution in [0.5, 0.6) is 5.75 Å². The van der Waals surface area contributed by atoms with E-state index >= 15 is 0 Å². The zero-order valence-corrected chi connectivity index (χ0v) is 17.7. The van der Waals surface area contributed by atoms with Crippen molar-refractivity contribution in [3.63, 3.8) is 0 Å². The molecule has 4 rings (SSSR count). The Balaban J connectivity index is 1.60. The molecule has 0 bridgehead atoms. The Morgan fingerprint density at radius 2 is 1.90 bits per heavy atom. The van der Waals surface area contributed by atoms with Crippen LogP contribution in [0.3, 0.4) is 0 Å². The minimum absolute atomic E-state index is 0.0922. The van der Waals surface area contributed by atoms with Gasteiger partial charge in [-0.15, -0.1) is 11.3 Å². The zero-order valence-electron chi connectivity index (χ0n) is 16.9. The van der Waals surface area contributed by atoms with Crippen molar-refractivity contribution in [1.29, 1.82) is 0 Å². The molecule has 0 aliphatic heterocycles. The van der Waals surface area contributed by atoms with Gasteiger partial charge in [-0.05, 0) is 35.4 Å². The quantitative estimate of drug-likeness (QED) is 0.440. The lowest BCUT2D eigenvalue weighted by molar-refractivity contribution is 0.0748. The van der Waals surface area contributed by atoms with Gasteiger partial charge < -0.3 is 18.9 Å². The minimum Gasteiger partial charge on any atom is -0.497 e. The van der Waals surface area contributed by atoms with Gasteiger partial charge in [0.1, 0.15) is 21.3 Å². The predicted molar refractivity (Wildman–Crippen MR) is 116 cm³/mol. The maximum atomic E-state index is 12.5. The molecule has 0 radical (unpaired) electrons. The van der Waals surface area contributed by atoms with Crippen LogP contribution in [0.2, 0.25) is 0 Å². The van der Waals surface area contributed by atoms with Gasteiger partial charge in [0.2, 0.25) is 0 Å². The highest BCUT2D eigenvalue weighted by Gasteiger charge is 2.19. The third-order valence-electron chi connectivity index (χ3n) is 4.79. The van der Waals surface area contributed by atoms with Crippen LogP contribution in [0.15, 0.2) is 53.2 Å². The molecule has 7 nitrogen and oxygen atoms in total. The molecule has 0 unspecified atom stereocenters. The summed E-state index contributed by atoms with van der Waals surface area (Å²) in [4.78, 5) is 19.1. The molecule has 154 valence electrons. The van der Waals surface area contributed by atoms with Gasteiger partial charge in [0.25, 0.3) is 5.91 Å². The number of ether oxygens (including phenoxy) is 2. The van der Waals surface area contributed by atoms with E-state index in [0.29, 0.717) is 34.3 Å². The summed E-state index contributed by atoms with van der Waals surface area (Å²) < 4.78 is 15.8. The van der Waals surface area contributed by atoms with Gasteiger partial charge in [-0.1, -0.05) is 23.4 Å². The van der Waals surface area contributed by atoms with Crippen LogP contribution in [0.1, 0.15) is 9.67 Å². The van der Waals surface area contributed by atoms with E-state index in [9.17, 15) is 4.79 Å². The Kier molecular flexibility index (Phi) is 5.78. The summed E-state index contributed by atoms with van der Waals surface area (Å²) in [6.07, 6.45) is 1.58. The minimum atomic E-state index is -0.0922. The molecule has 0 aliphatic carbocycles. The molecule has 0 saturated carbocycles. The highest BCUT2D eigenvalue weighted by Crippen LogP contribution is 2.34. The van der Waals surface area contributed by atoms with E-state index in [1.54, 1.807) is 32.4 Å². The molecule has 0 atom stereocenters. The summed E-state index contributed by atoms with van der Waals surface area (Å²) in [5, 5.41) is 5.71. The topological polar surface area (TPSA) is 77.7 Å². The fourth-order valence-corrected chi connectivity index (χ4v) is 3.96. The molecule has 1 amide bonds. The van der Waals surface area contributed by atoms with Crippen molar-refractivity contribution in [1.82, 2.24) is 15.0 Å². The molecule has 2 heterocycles. The van der Waals surface area contributed by atoms with Crippen molar-refractivity contribution in [3.8, 4) is 27.6 Å². The summed E-state index contributed by atoms with van der Waals surface area (Å²) in [6, 6.07) is 13.8. The molecule has 0 fully saturated rings. The summed E-state index contributed by atoms with van der Waals surface area (Å²) in [5.74, 6) is 0.717. The number of rotatable bonds is 7. The van der Waals surface area contributed by atoms with Crippen molar-refractivity contribution >= 4 is 28.2 Å². The first-order valence-electron chi connectivity index (χ1n) is 9.35. The fraction of sp³-hybridized carbons (Fsp3) is 0.227. The molecule has 2 aromatic heterocycles. The van der Waals surface area contributed by atoms with Gasteiger partial charge in [-0.25, -0.2) is 4.98 Å². The SMILES string of the molecule is COCCN(C)C(=O)c1cnc(-c2noc3cc(-c4ccc(OC)cc4)ccc23)s1.